The molecule has 7 nitrogen and oxygen atoms in total. The Morgan fingerprint density at radius 2 is 1.57 bits per heavy atom. The van der Waals surface area contributed by atoms with Crippen LogP contribution in [0.2, 0.25) is 10.0 Å². The van der Waals surface area contributed by atoms with Crippen molar-refractivity contribution >= 4 is 50.7 Å². The lowest BCUT2D eigenvalue weighted by atomic mass is 9.95. The van der Waals surface area contributed by atoms with Gasteiger partial charge in [0.25, 0.3) is 10.0 Å². The summed E-state index contributed by atoms with van der Waals surface area (Å²) in [5, 5.41) is 4.16. The van der Waals surface area contributed by atoms with Gasteiger partial charge < -0.3 is 10.2 Å². The number of aryl methyl sites for hydroxylation is 1. The first-order chi connectivity index (χ1) is 20.1. The molecule has 4 rings (SSSR count). The Hall–Kier alpha value is -3.07. The Balaban J connectivity index is 1.72. The number of amides is 2. The van der Waals surface area contributed by atoms with Gasteiger partial charge in [-0.05, 0) is 79.8 Å². The molecule has 0 unspecified atom stereocenters. The molecule has 0 radical (unpaired) electrons. The smallest absolute Gasteiger partial charge is 0.264 e. The predicted molar refractivity (Wildman–Crippen MR) is 168 cm³/mol. The molecule has 1 fully saturated rings. The van der Waals surface area contributed by atoms with Gasteiger partial charge in [0, 0.05) is 22.6 Å². The Bertz CT molecular complexity index is 1480. The van der Waals surface area contributed by atoms with E-state index in [1.165, 1.54) is 17.0 Å². The Kier molecular flexibility index (Phi) is 10.9. The maximum absolute atomic E-state index is 14.2. The predicted octanol–water partition coefficient (Wildman–Crippen LogP) is 6.75. The number of nitrogens with zero attached hydrogens (tertiary/aromatic N) is 2. The summed E-state index contributed by atoms with van der Waals surface area (Å²) >= 11 is 12.3. The van der Waals surface area contributed by atoms with E-state index < -0.39 is 28.5 Å². The topological polar surface area (TPSA) is 86.8 Å². The summed E-state index contributed by atoms with van der Waals surface area (Å²) in [5.41, 5.74) is 1.71. The number of rotatable bonds is 11. The molecule has 42 heavy (non-hydrogen) atoms. The van der Waals surface area contributed by atoms with Crippen LogP contribution in [0, 0.1) is 6.92 Å². The number of nitrogens with one attached hydrogen (secondary N) is 1. The average Bonchev–Trinajstić information content (AvgIpc) is 2.98. The summed E-state index contributed by atoms with van der Waals surface area (Å²) in [7, 11) is -4.15. The molecule has 0 heterocycles. The zero-order valence-corrected chi connectivity index (χ0v) is 26.3. The largest absolute Gasteiger partial charge is 0.352 e. The first-order valence-corrected chi connectivity index (χ1v) is 16.5. The van der Waals surface area contributed by atoms with Crippen molar-refractivity contribution in [3.63, 3.8) is 0 Å². The van der Waals surface area contributed by atoms with Crippen LogP contribution in [0.15, 0.2) is 77.7 Å². The Morgan fingerprint density at radius 1 is 0.929 bits per heavy atom. The third kappa shape index (κ3) is 7.85. The Morgan fingerprint density at radius 3 is 2.19 bits per heavy atom. The zero-order chi connectivity index (χ0) is 30.3. The number of benzene rings is 3. The molecule has 0 bridgehead atoms. The van der Waals surface area contributed by atoms with Crippen LogP contribution in [0.5, 0.6) is 0 Å². The molecule has 1 atom stereocenters. The molecule has 1 aliphatic rings. The highest BCUT2D eigenvalue weighted by Crippen LogP contribution is 2.30. The monoisotopic (exact) mass is 629 g/mol. The number of hydrogen-bond acceptors (Lipinski definition) is 4. The number of hydrogen-bond donors (Lipinski definition) is 1. The van der Waals surface area contributed by atoms with E-state index in [1.807, 2.05) is 6.92 Å². The molecule has 0 saturated heterocycles. The first kappa shape index (κ1) is 31.9. The number of sulfonamides is 1. The van der Waals surface area contributed by atoms with Gasteiger partial charge >= 0.3 is 0 Å². The van der Waals surface area contributed by atoms with E-state index in [9.17, 15) is 18.0 Å². The summed E-state index contributed by atoms with van der Waals surface area (Å²) in [4.78, 5) is 29.4. The average molecular weight is 631 g/mol. The van der Waals surface area contributed by atoms with Gasteiger partial charge in [-0.25, -0.2) is 8.42 Å². The Labute approximate surface area is 258 Å². The van der Waals surface area contributed by atoms with Gasteiger partial charge in [-0.2, -0.15) is 0 Å². The molecule has 0 aromatic heterocycles. The molecule has 1 saturated carbocycles. The second-order valence-electron chi connectivity index (χ2n) is 10.7. The standard InChI is InChI=1S/C32H37Cl2N3O4S/c1-3-29(32(39)35-27-10-6-4-7-11-27)36(21-24-14-16-25(33)17-15-24)31(38)22-37(30-19-18-26(34)20-23(30)2)42(40,41)28-12-8-5-9-13-28/h5,8-9,12-20,27,29H,3-4,6-7,10-11,21-22H2,1-2H3,(H,35,39)/t29-/m0/s1. The first-order valence-electron chi connectivity index (χ1n) is 14.3. The van der Waals surface area contributed by atoms with Gasteiger partial charge in [0.1, 0.15) is 12.6 Å². The van der Waals surface area contributed by atoms with E-state index in [0.29, 0.717) is 27.7 Å². The molecular weight excluding hydrogens is 593 g/mol. The van der Waals surface area contributed by atoms with Crippen LogP contribution in [0.1, 0.15) is 56.6 Å². The van der Waals surface area contributed by atoms with E-state index in [2.05, 4.69) is 5.32 Å². The highest BCUT2D eigenvalue weighted by Gasteiger charge is 2.34. The highest BCUT2D eigenvalue weighted by molar-refractivity contribution is 7.92. The van der Waals surface area contributed by atoms with Crippen molar-refractivity contribution in [1.29, 1.82) is 0 Å². The van der Waals surface area contributed by atoms with Crippen molar-refractivity contribution in [2.45, 2.75) is 75.9 Å². The van der Waals surface area contributed by atoms with Gasteiger partial charge in [0.2, 0.25) is 11.8 Å². The van der Waals surface area contributed by atoms with E-state index in [4.69, 9.17) is 23.2 Å². The van der Waals surface area contributed by atoms with Gasteiger partial charge in [0.15, 0.2) is 0 Å². The van der Waals surface area contributed by atoms with Crippen LogP contribution >= 0.6 is 23.2 Å². The van der Waals surface area contributed by atoms with Crippen LogP contribution in [-0.2, 0) is 26.2 Å². The molecule has 10 heteroatoms. The van der Waals surface area contributed by atoms with Crippen LogP contribution in [0.3, 0.4) is 0 Å². The van der Waals surface area contributed by atoms with E-state index in [1.54, 1.807) is 67.6 Å². The van der Waals surface area contributed by atoms with Crippen molar-refractivity contribution in [3.05, 3.63) is 94.0 Å². The summed E-state index contributed by atoms with van der Waals surface area (Å²) in [5.74, 6) is -0.726. The number of anilines is 1. The fourth-order valence-electron chi connectivity index (χ4n) is 5.38. The molecule has 3 aromatic rings. The van der Waals surface area contributed by atoms with Crippen molar-refractivity contribution in [1.82, 2.24) is 10.2 Å². The van der Waals surface area contributed by atoms with Crippen molar-refractivity contribution in [3.8, 4) is 0 Å². The fourth-order valence-corrected chi connectivity index (χ4v) is 7.23. The van der Waals surface area contributed by atoms with E-state index >= 15 is 0 Å². The van der Waals surface area contributed by atoms with Crippen molar-refractivity contribution in [2.24, 2.45) is 0 Å². The maximum Gasteiger partial charge on any atom is 0.264 e. The molecule has 0 spiro atoms. The molecular formula is C32H37Cl2N3O4S. The minimum absolute atomic E-state index is 0.0542. The molecule has 3 aromatic carbocycles. The minimum atomic E-state index is -4.15. The van der Waals surface area contributed by atoms with Crippen LogP contribution in [0.25, 0.3) is 0 Å². The van der Waals surface area contributed by atoms with Gasteiger partial charge in [-0.15, -0.1) is 0 Å². The number of carbonyl (C=O) groups excluding carboxylic acids is 2. The minimum Gasteiger partial charge on any atom is -0.352 e. The summed E-state index contributed by atoms with van der Waals surface area (Å²) < 4.78 is 29.1. The third-order valence-electron chi connectivity index (χ3n) is 7.64. The summed E-state index contributed by atoms with van der Waals surface area (Å²) in [6, 6.07) is 19.2. The normalized spacial score (nSPS) is 14.7. The molecule has 1 N–H and O–H groups in total. The van der Waals surface area contributed by atoms with Gasteiger partial charge in [-0.3, -0.25) is 13.9 Å². The molecule has 224 valence electrons. The maximum atomic E-state index is 14.2. The van der Waals surface area contributed by atoms with Gasteiger partial charge in [-0.1, -0.05) is 79.7 Å². The fraction of sp³-hybridized carbons (Fsp3) is 0.375. The van der Waals surface area contributed by atoms with E-state index in [0.717, 1.165) is 42.0 Å². The molecule has 0 aliphatic heterocycles. The van der Waals surface area contributed by atoms with E-state index in [-0.39, 0.29) is 23.4 Å². The summed E-state index contributed by atoms with van der Waals surface area (Å²) in [6.07, 6.45) is 5.45. The second kappa shape index (κ2) is 14.4. The van der Waals surface area contributed by atoms with Crippen LogP contribution in [0.4, 0.5) is 5.69 Å². The van der Waals surface area contributed by atoms with Crippen molar-refractivity contribution in [2.75, 3.05) is 10.8 Å². The molecule has 1 aliphatic carbocycles. The lowest BCUT2D eigenvalue weighted by molar-refractivity contribution is -0.140. The SMILES string of the molecule is CC[C@@H](C(=O)NC1CCCCC1)N(Cc1ccc(Cl)cc1)C(=O)CN(c1ccc(Cl)cc1C)S(=O)(=O)c1ccccc1. The van der Waals surface area contributed by atoms with Crippen LogP contribution < -0.4 is 9.62 Å². The second-order valence-corrected chi connectivity index (χ2v) is 13.4. The lowest BCUT2D eigenvalue weighted by Gasteiger charge is -2.34. The zero-order valence-electron chi connectivity index (χ0n) is 23.9. The van der Waals surface area contributed by atoms with Gasteiger partial charge in [0.05, 0.1) is 10.6 Å². The van der Waals surface area contributed by atoms with Crippen molar-refractivity contribution < 1.29 is 18.0 Å². The highest BCUT2D eigenvalue weighted by atomic mass is 35.5. The van der Waals surface area contributed by atoms with Crippen LogP contribution in [-0.4, -0.2) is 43.8 Å². The quantitative estimate of drug-likeness (QED) is 0.254. The molecule has 2 amide bonds. The lowest BCUT2D eigenvalue weighted by Crippen LogP contribution is -2.54. The summed E-state index contributed by atoms with van der Waals surface area (Å²) in [6.45, 7) is 3.22. The number of halogens is 2. The third-order valence-corrected chi connectivity index (χ3v) is 9.90. The number of carbonyl (C=O) groups is 2.